The SMILES string of the molecule is COc1cc(NC(=S)NC(=O)c2cc(OC)c(OC)c(OC)c2)ccc1NC(=O)c1cccs1. The number of hydrogen-bond donors (Lipinski definition) is 3. The van der Waals surface area contributed by atoms with Crippen LogP contribution in [0.3, 0.4) is 0 Å². The lowest BCUT2D eigenvalue weighted by molar-refractivity contribution is 0.0975. The van der Waals surface area contributed by atoms with Gasteiger partial charge in [0.25, 0.3) is 11.8 Å². The number of carbonyl (C=O) groups excluding carboxylic acids is 2. The minimum atomic E-state index is -0.469. The molecule has 0 saturated heterocycles. The van der Waals surface area contributed by atoms with E-state index in [4.69, 9.17) is 31.2 Å². The standard InChI is InChI=1S/C23H23N3O6S2/c1-29-16-12-14(7-8-15(16)25-22(28)19-6-5-9-34-19)24-23(33)26-21(27)13-10-17(30-2)20(32-4)18(11-13)31-3/h5-12H,1-4H3,(H,25,28)(H2,24,26,27,33). The largest absolute Gasteiger partial charge is 0.494 e. The van der Waals surface area contributed by atoms with E-state index in [1.807, 2.05) is 5.38 Å². The maximum Gasteiger partial charge on any atom is 0.265 e. The van der Waals surface area contributed by atoms with Gasteiger partial charge in [0.05, 0.1) is 39.0 Å². The monoisotopic (exact) mass is 501 g/mol. The fraction of sp³-hybridized carbons (Fsp3) is 0.174. The van der Waals surface area contributed by atoms with Crippen molar-refractivity contribution in [3.05, 3.63) is 58.3 Å². The summed E-state index contributed by atoms with van der Waals surface area (Å²) in [6.07, 6.45) is 0. The Balaban J connectivity index is 1.70. The Morgan fingerprint density at radius 2 is 1.50 bits per heavy atom. The molecule has 0 spiro atoms. The van der Waals surface area contributed by atoms with E-state index in [1.165, 1.54) is 51.9 Å². The smallest absolute Gasteiger partial charge is 0.265 e. The number of rotatable bonds is 8. The molecule has 0 aliphatic rings. The van der Waals surface area contributed by atoms with Crippen LogP contribution >= 0.6 is 23.6 Å². The lowest BCUT2D eigenvalue weighted by Gasteiger charge is -2.15. The molecule has 0 aliphatic carbocycles. The van der Waals surface area contributed by atoms with E-state index < -0.39 is 5.91 Å². The molecule has 1 aromatic heterocycles. The predicted octanol–water partition coefficient (Wildman–Crippen LogP) is 4.16. The highest BCUT2D eigenvalue weighted by atomic mass is 32.1. The molecule has 1 heterocycles. The first-order chi connectivity index (χ1) is 16.4. The molecule has 0 saturated carbocycles. The quantitative estimate of drug-likeness (QED) is 0.395. The topological polar surface area (TPSA) is 107 Å². The number of anilines is 2. The third kappa shape index (κ3) is 5.74. The summed E-state index contributed by atoms with van der Waals surface area (Å²) >= 11 is 6.62. The number of amides is 2. The fourth-order valence-electron chi connectivity index (χ4n) is 3.01. The van der Waals surface area contributed by atoms with Gasteiger partial charge in [-0.1, -0.05) is 6.07 Å². The maximum absolute atomic E-state index is 12.7. The summed E-state index contributed by atoms with van der Waals surface area (Å²) in [5, 5.41) is 10.2. The van der Waals surface area contributed by atoms with Crippen molar-refractivity contribution in [2.24, 2.45) is 0 Å². The minimum Gasteiger partial charge on any atom is -0.494 e. The summed E-state index contributed by atoms with van der Waals surface area (Å²) < 4.78 is 21.2. The van der Waals surface area contributed by atoms with Gasteiger partial charge in [0.2, 0.25) is 5.75 Å². The highest BCUT2D eigenvalue weighted by Gasteiger charge is 2.18. The van der Waals surface area contributed by atoms with Crippen LogP contribution < -0.4 is 34.9 Å². The molecule has 34 heavy (non-hydrogen) atoms. The van der Waals surface area contributed by atoms with Crippen LogP contribution in [0, 0.1) is 0 Å². The molecule has 178 valence electrons. The first kappa shape index (κ1) is 24.8. The van der Waals surface area contributed by atoms with Crippen LogP contribution in [0.5, 0.6) is 23.0 Å². The van der Waals surface area contributed by atoms with Gasteiger partial charge in [0.1, 0.15) is 5.75 Å². The van der Waals surface area contributed by atoms with Gasteiger partial charge >= 0.3 is 0 Å². The van der Waals surface area contributed by atoms with Gasteiger partial charge in [0.15, 0.2) is 16.6 Å². The molecule has 11 heteroatoms. The second-order valence-corrected chi connectivity index (χ2v) is 8.02. The molecule has 9 nitrogen and oxygen atoms in total. The lowest BCUT2D eigenvalue weighted by atomic mass is 10.1. The van der Waals surface area contributed by atoms with Crippen molar-refractivity contribution in [1.82, 2.24) is 5.32 Å². The second-order valence-electron chi connectivity index (χ2n) is 6.67. The van der Waals surface area contributed by atoms with E-state index in [0.29, 0.717) is 39.2 Å². The molecule has 2 aromatic carbocycles. The van der Waals surface area contributed by atoms with Gasteiger partial charge in [0, 0.05) is 17.3 Å². The normalized spacial score (nSPS) is 10.1. The van der Waals surface area contributed by atoms with Crippen molar-refractivity contribution in [3.63, 3.8) is 0 Å². The Hall–Kier alpha value is -3.83. The van der Waals surface area contributed by atoms with Gasteiger partial charge in [-0.05, 0) is 47.9 Å². The molecular weight excluding hydrogens is 478 g/mol. The van der Waals surface area contributed by atoms with Crippen LogP contribution in [0.25, 0.3) is 0 Å². The zero-order chi connectivity index (χ0) is 24.7. The van der Waals surface area contributed by atoms with E-state index >= 15 is 0 Å². The molecule has 0 aliphatic heterocycles. The van der Waals surface area contributed by atoms with Gasteiger partial charge < -0.3 is 29.6 Å². The summed E-state index contributed by atoms with van der Waals surface area (Å²) in [5.41, 5.74) is 1.32. The van der Waals surface area contributed by atoms with Crippen molar-refractivity contribution >= 4 is 51.9 Å². The number of thiophene rings is 1. The summed E-state index contributed by atoms with van der Waals surface area (Å²) in [6.45, 7) is 0. The number of hydrogen-bond acceptors (Lipinski definition) is 8. The van der Waals surface area contributed by atoms with Gasteiger partial charge in [-0.3, -0.25) is 14.9 Å². The molecular formula is C23H23N3O6S2. The Bertz CT molecular complexity index is 1170. The van der Waals surface area contributed by atoms with Crippen LogP contribution in [0.4, 0.5) is 11.4 Å². The average Bonchev–Trinajstić information content (AvgIpc) is 3.39. The van der Waals surface area contributed by atoms with E-state index in [0.717, 1.165) is 0 Å². The number of carbonyl (C=O) groups is 2. The van der Waals surface area contributed by atoms with Crippen molar-refractivity contribution < 1.29 is 28.5 Å². The first-order valence-electron chi connectivity index (χ1n) is 9.85. The molecule has 2 amide bonds. The van der Waals surface area contributed by atoms with Crippen LogP contribution in [-0.4, -0.2) is 45.4 Å². The molecule has 3 aromatic rings. The van der Waals surface area contributed by atoms with Gasteiger partial charge in [-0.25, -0.2) is 0 Å². The van der Waals surface area contributed by atoms with E-state index in [-0.39, 0.29) is 16.6 Å². The second kappa shape index (κ2) is 11.3. The van der Waals surface area contributed by atoms with Gasteiger partial charge in [-0.2, -0.15) is 0 Å². The highest BCUT2D eigenvalue weighted by Crippen LogP contribution is 2.38. The number of thiocarbonyl (C=S) groups is 1. The number of ether oxygens (including phenoxy) is 4. The van der Waals surface area contributed by atoms with Crippen LogP contribution in [0.2, 0.25) is 0 Å². The van der Waals surface area contributed by atoms with Crippen LogP contribution in [-0.2, 0) is 0 Å². The summed E-state index contributed by atoms with van der Waals surface area (Å²) in [7, 11) is 5.90. The number of benzene rings is 2. The lowest BCUT2D eigenvalue weighted by Crippen LogP contribution is -2.34. The number of methoxy groups -OCH3 is 4. The fourth-order valence-corrected chi connectivity index (χ4v) is 3.84. The predicted molar refractivity (Wildman–Crippen MR) is 135 cm³/mol. The van der Waals surface area contributed by atoms with E-state index in [2.05, 4.69) is 16.0 Å². The third-order valence-electron chi connectivity index (χ3n) is 4.61. The van der Waals surface area contributed by atoms with Crippen molar-refractivity contribution in [1.29, 1.82) is 0 Å². The Labute approximate surface area is 206 Å². The first-order valence-corrected chi connectivity index (χ1v) is 11.1. The Kier molecular flexibility index (Phi) is 8.28. The molecule has 0 radical (unpaired) electrons. The molecule has 0 bridgehead atoms. The summed E-state index contributed by atoms with van der Waals surface area (Å²) in [5.74, 6) is 0.784. The van der Waals surface area contributed by atoms with Crippen LogP contribution in [0.1, 0.15) is 20.0 Å². The molecule has 0 atom stereocenters. The van der Waals surface area contributed by atoms with Crippen molar-refractivity contribution in [2.75, 3.05) is 39.1 Å². The van der Waals surface area contributed by atoms with E-state index in [1.54, 1.807) is 30.3 Å². The molecule has 3 rings (SSSR count). The van der Waals surface area contributed by atoms with Crippen LogP contribution in [0.15, 0.2) is 47.8 Å². The maximum atomic E-state index is 12.7. The zero-order valence-corrected chi connectivity index (χ0v) is 20.5. The summed E-state index contributed by atoms with van der Waals surface area (Å²) in [6, 6.07) is 11.6. The molecule has 0 unspecified atom stereocenters. The Morgan fingerprint density at radius 1 is 0.824 bits per heavy atom. The number of nitrogens with one attached hydrogen (secondary N) is 3. The van der Waals surface area contributed by atoms with E-state index in [9.17, 15) is 9.59 Å². The third-order valence-corrected chi connectivity index (χ3v) is 5.68. The molecule has 0 fully saturated rings. The minimum absolute atomic E-state index is 0.0659. The zero-order valence-electron chi connectivity index (χ0n) is 18.9. The van der Waals surface area contributed by atoms with Gasteiger partial charge in [-0.15, -0.1) is 11.3 Å². The highest BCUT2D eigenvalue weighted by molar-refractivity contribution is 7.80. The van der Waals surface area contributed by atoms with Crippen molar-refractivity contribution in [2.45, 2.75) is 0 Å². The summed E-state index contributed by atoms with van der Waals surface area (Å²) in [4.78, 5) is 25.6. The average molecular weight is 502 g/mol. The Morgan fingerprint density at radius 3 is 2.06 bits per heavy atom. The molecule has 3 N–H and O–H groups in total. The van der Waals surface area contributed by atoms with Crippen molar-refractivity contribution in [3.8, 4) is 23.0 Å².